The van der Waals surface area contributed by atoms with Crippen molar-refractivity contribution in [3.8, 4) is 16.9 Å². The van der Waals surface area contributed by atoms with Crippen molar-refractivity contribution in [3.05, 3.63) is 89.5 Å². The molecule has 132 valence electrons. The maximum atomic E-state index is 10.7. The molecule has 4 rings (SSSR count). The third-order valence-corrected chi connectivity index (χ3v) is 4.28. The molecule has 0 aromatic heterocycles. The van der Waals surface area contributed by atoms with Crippen molar-refractivity contribution in [2.45, 2.75) is 0 Å². The number of carboxylic acids is 1. The molecule has 1 N–H and O–H groups in total. The summed E-state index contributed by atoms with van der Waals surface area (Å²) in [6.07, 6.45) is 1.58. The molecule has 0 radical (unpaired) electrons. The average Bonchev–Trinajstić information content (AvgIpc) is 3.01. The lowest BCUT2D eigenvalue weighted by atomic mass is 10.1. The first-order valence-electron chi connectivity index (χ1n) is 8.48. The van der Waals surface area contributed by atoms with Gasteiger partial charge in [-0.25, -0.2) is 4.79 Å². The number of carbonyl (C=O) groups is 1. The Bertz CT molecular complexity index is 1020. The van der Waals surface area contributed by atoms with Gasteiger partial charge in [-0.3, -0.25) is 0 Å². The zero-order valence-corrected chi connectivity index (χ0v) is 14.4. The van der Waals surface area contributed by atoms with Gasteiger partial charge >= 0.3 is 5.97 Å². The van der Waals surface area contributed by atoms with Gasteiger partial charge in [-0.05, 0) is 23.3 Å². The van der Waals surface area contributed by atoms with E-state index in [9.17, 15) is 4.79 Å². The Hall–Kier alpha value is -3.73. The highest BCUT2D eigenvalue weighted by Gasteiger charge is 2.23. The van der Waals surface area contributed by atoms with Crippen LogP contribution in [-0.4, -0.2) is 29.6 Å². The fourth-order valence-electron chi connectivity index (χ4n) is 3.11. The first-order chi connectivity index (χ1) is 13.2. The van der Waals surface area contributed by atoms with Crippen LogP contribution >= 0.6 is 0 Å². The van der Waals surface area contributed by atoms with Gasteiger partial charge in [0, 0.05) is 16.7 Å². The summed E-state index contributed by atoms with van der Waals surface area (Å²) >= 11 is 0. The van der Waals surface area contributed by atoms with Gasteiger partial charge in [0.1, 0.15) is 11.5 Å². The van der Waals surface area contributed by atoms with Crippen molar-refractivity contribution in [2.75, 3.05) is 6.61 Å². The van der Waals surface area contributed by atoms with Crippen LogP contribution in [0.15, 0.2) is 83.0 Å². The quantitative estimate of drug-likeness (QED) is 0.434. The summed E-state index contributed by atoms with van der Waals surface area (Å²) in [5.74, 6) is -0.572. The fraction of sp³-hybridized carbons (Fsp3) is 0.0455. The van der Waals surface area contributed by atoms with E-state index in [0.717, 1.165) is 28.0 Å². The molecule has 0 saturated heterocycles. The number of benzene rings is 3. The first kappa shape index (κ1) is 16.7. The number of ether oxygens (including phenoxy) is 1. The molecule has 5 nitrogen and oxygen atoms in total. The van der Waals surface area contributed by atoms with Crippen LogP contribution in [0.1, 0.15) is 16.7 Å². The van der Waals surface area contributed by atoms with E-state index in [1.807, 2.05) is 42.5 Å². The van der Waals surface area contributed by atoms with Crippen LogP contribution in [0.25, 0.3) is 11.1 Å². The fourth-order valence-corrected chi connectivity index (χ4v) is 3.11. The second-order valence-electron chi connectivity index (χ2n) is 6.00. The Morgan fingerprint density at radius 1 is 0.852 bits per heavy atom. The van der Waals surface area contributed by atoms with E-state index in [4.69, 9.17) is 9.84 Å². The summed E-state index contributed by atoms with van der Waals surface area (Å²) in [6.45, 7) is -0.403. The van der Waals surface area contributed by atoms with Crippen LogP contribution in [0, 0.1) is 0 Å². The molecule has 0 spiro atoms. The smallest absolute Gasteiger partial charge is 0.341 e. The molecule has 0 atom stereocenters. The van der Waals surface area contributed by atoms with E-state index in [2.05, 4.69) is 22.3 Å². The van der Waals surface area contributed by atoms with Gasteiger partial charge in [0.15, 0.2) is 6.61 Å². The van der Waals surface area contributed by atoms with Gasteiger partial charge in [0.25, 0.3) is 0 Å². The van der Waals surface area contributed by atoms with Crippen molar-refractivity contribution in [3.63, 3.8) is 0 Å². The Morgan fingerprint density at radius 2 is 1.41 bits per heavy atom. The summed E-state index contributed by atoms with van der Waals surface area (Å²) in [5.41, 5.74) is 5.88. The van der Waals surface area contributed by atoms with Gasteiger partial charge < -0.3 is 9.84 Å². The molecule has 0 amide bonds. The molecular formula is C22H16N2O3. The second-order valence-corrected chi connectivity index (χ2v) is 6.00. The molecule has 0 heterocycles. The predicted molar refractivity (Wildman–Crippen MR) is 105 cm³/mol. The average molecular weight is 356 g/mol. The molecule has 5 heteroatoms. The first-order valence-corrected chi connectivity index (χ1v) is 8.48. The maximum Gasteiger partial charge on any atom is 0.341 e. The number of para-hydroxylation sites is 1. The zero-order valence-electron chi connectivity index (χ0n) is 14.4. The summed E-state index contributed by atoms with van der Waals surface area (Å²) in [6, 6.07) is 23.3. The van der Waals surface area contributed by atoms with Gasteiger partial charge in [-0.1, -0.05) is 60.7 Å². The van der Waals surface area contributed by atoms with Gasteiger partial charge in [-0.15, -0.1) is 5.10 Å². The summed E-state index contributed by atoms with van der Waals surface area (Å²) in [7, 11) is 0. The molecule has 3 aromatic carbocycles. The van der Waals surface area contributed by atoms with Crippen molar-refractivity contribution < 1.29 is 14.6 Å². The molecule has 0 fully saturated rings. The topological polar surface area (TPSA) is 71.2 Å². The number of fused-ring (bicyclic) bond motifs is 3. The lowest BCUT2D eigenvalue weighted by molar-refractivity contribution is -0.139. The van der Waals surface area contributed by atoms with E-state index in [-0.39, 0.29) is 0 Å². The monoisotopic (exact) mass is 356 g/mol. The number of hydrogen-bond donors (Lipinski definition) is 1. The molecule has 1 aliphatic carbocycles. The van der Waals surface area contributed by atoms with Crippen LogP contribution < -0.4 is 4.74 Å². The lowest BCUT2D eigenvalue weighted by Crippen LogP contribution is -2.10. The molecular weight excluding hydrogens is 340 g/mol. The molecule has 0 unspecified atom stereocenters. The third-order valence-electron chi connectivity index (χ3n) is 4.28. The number of hydrogen-bond acceptors (Lipinski definition) is 4. The summed E-state index contributed by atoms with van der Waals surface area (Å²) in [5, 5.41) is 17.5. The van der Waals surface area contributed by atoms with Crippen molar-refractivity contribution in [1.29, 1.82) is 0 Å². The summed E-state index contributed by atoms with van der Waals surface area (Å²) in [4.78, 5) is 10.7. The Morgan fingerprint density at radius 3 is 2.04 bits per heavy atom. The van der Waals surface area contributed by atoms with Gasteiger partial charge in [0.2, 0.25) is 0 Å². The van der Waals surface area contributed by atoms with Crippen LogP contribution in [0.4, 0.5) is 0 Å². The molecule has 27 heavy (non-hydrogen) atoms. The zero-order chi connectivity index (χ0) is 18.6. The normalized spacial score (nSPS) is 11.9. The number of rotatable bonds is 5. The Balaban J connectivity index is 1.67. The molecule has 0 saturated carbocycles. The van der Waals surface area contributed by atoms with Crippen LogP contribution in [0.5, 0.6) is 5.75 Å². The van der Waals surface area contributed by atoms with Gasteiger partial charge in [-0.2, -0.15) is 5.10 Å². The van der Waals surface area contributed by atoms with Crippen molar-refractivity contribution in [2.24, 2.45) is 10.2 Å². The molecule has 0 aliphatic heterocycles. The predicted octanol–water partition coefficient (Wildman–Crippen LogP) is 4.00. The van der Waals surface area contributed by atoms with E-state index >= 15 is 0 Å². The standard InChI is InChI=1S/C22H16N2O3/c25-21(26)14-27-20-12-6-1-7-15(20)13-23-24-22-18-10-4-2-8-16(18)17-9-3-5-11-19(17)22/h1-13H,14H2,(H,25,26)/b23-13+. The minimum atomic E-state index is -1.03. The second kappa shape index (κ2) is 7.25. The SMILES string of the molecule is O=C(O)COc1ccccc1/C=N/N=C1c2ccccc2-c2ccccc21. The largest absolute Gasteiger partial charge is 0.481 e. The van der Waals surface area contributed by atoms with Crippen molar-refractivity contribution >= 4 is 17.9 Å². The number of nitrogens with zero attached hydrogens (tertiary/aromatic N) is 2. The van der Waals surface area contributed by atoms with E-state index < -0.39 is 12.6 Å². The van der Waals surface area contributed by atoms with Crippen LogP contribution in [0.3, 0.4) is 0 Å². The number of carboxylic acid groups (broad SMARTS) is 1. The lowest BCUT2D eigenvalue weighted by Gasteiger charge is -2.05. The minimum absolute atomic E-state index is 0.403. The third kappa shape index (κ3) is 3.35. The number of aliphatic carboxylic acids is 1. The van der Waals surface area contributed by atoms with E-state index in [1.165, 1.54) is 0 Å². The highest BCUT2D eigenvalue weighted by molar-refractivity contribution is 6.24. The van der Waals surface area contributed by atoms with E-state index in [1.54, 1.807) is 24.4 Å². The van der Waals surface area contributed by atoms with Gasteiger partial charge in [0.05, 0.1) is 6.21 Å². The summed E-state index contributed by atoms with van der Waals surface area (Å²) < 4.78 is 5.29. The molecule has 0 bridgehead atoms. The molecule has 3 aromatic rings. The maximum absolute atomic E-state index is 10.7. The van der Waals surface area contributed by atoms with Crippen LogP contribution in [-0.2, 0) is 4.79 Å². The highest BCUT2D eigenvalue weighted by Crippen LogP contribution is 2.36. The minimum Gasteiger partial charge on any atom is -0.481 e. The van der Waals surface area contributed by atoms with Crippen molar-refractivity contribution in [1.82, 2.24) is 0 Å². The molecule has 1 aliphatic rings. The highest BCUT2D eigenvalue weighted by atomic mass is 16.5. The Labute approximate surface area is 156 Å². The van der Waals surface area contributed by atoms with E-state index in [0.29, 0.717) is 11.3 Å². The van der Waals surface area contributed by atoms with Crippen LogP contribution in [0.2, 0.25) is 0 Å². The Kier molecular flexibility index (Phi) is 4.49.